The van der Waals surface area contributed by atoms with Crippen LogP contribution in [-0.2, 0) is 17.8 Å². The largest absolute Gasteiger partial charge is 0.481 e. The van der Waals surface area contributed by atoms with E-state index in [4.69, 9.17) is 5.11 Å². The van der Waals surface area contributed by atoms with Crippen LogP contribution in [0.5, 0.6) is 0 Å². The second-order valence-corrected chi connectivity index (χ2v) is 5.96. The molecular weight excluding hydrogens is 260 g/mol. The van der Waals surface area contributed by atoms with Crippen molar-refractivity contribution in [2.45, 2.75) is 39.8 Å². The van der Waals surface area contributed by atoms with Gasteiger partial charge in [-0.3, -0.25) is 4.79 Å². The van der Waals surface area contributed by atoms with Crippen LogP contribution in [0, 0.1) is 0 Å². The Morgan fingerprint density at radius 2 is 2.00 bits per heavy atom. The van der Waals surface area contributed by atoms with E-state index < -0.39 is 5.97 Å². The number of aliphatic carboxylic acids is 1. The number of rotatable bonds is 9. The maximum Gasteiger partial charge on any atom is 0.308 e. The Kier molecular flexibility index (Phi) is 7.05. The first-order valence-corrected chi connectivity index (χ1v) is 7.61. The smallest absolute Gasteiger partial charge is 0.308 e. The Balaban J connectivity index is 2.35. The summed E-state index contributed by atoms with van der Waals surface area (Å²) in [5.41, 5.74) is 0. The van der Waals surface area contributed by atoms with Crippen molar-refractivity contribution in [2.24, 2.45) is 0 Å². The molecule has 0 saturated carbocycles. The van der Waals surface area contributed by atoms with Crippen LogP contribution in [-0.4, -0.2) is 41.7 Å². The molecule has 5 heteroatoms. The fourth-order valence-corrected chi connectivity index (χ4v) is 2.93. The van der Waals surface area contributed by atoms with Crippen molar-refractivity contribution < 1.29 is 9.90 Å². The highest BCUT2D eigenvalue weighted by molar-refractivity contribution is 7.12. The fourth-order valence-electron chi connectivity index (χ4n) is 1.97. The van der Waals surface area contributed by atoms with E-state index in [1.165, 1.54) is 4.88 Å². The first kappa shape index (κ1) is 16.1. The van der Waals surface area contributed by atoms with Gasteiger partial charge in [0.2, 0.25) is 0 Å². The quantitative estimate of drug-likeness (QED) is 0.730. The Morgan fingerprint density at radius 3 is 2.58 bits per heavy atom. The maximum absolute atomic E-state index is 10.6. The van der Waals surface area contributed by atoms with Crippen molar-refractivity contribution in [1.82, 2.24) is 10.2 Å². The number of hydrogen-bond acceptors (Lipinski definition) is 4. The number of hydrogen-bond donors (Lipinski definition) is 2. The predicted octanol–water partition coefficient (Wildman–Crippen LogP) is 2.20. The number of nitrogens with zero attached hydrogens (tertiary/aromatic N) is 1. The van der Waals surface area contributed by atoms with Crippen LogP contribution < -0.4 is 5.32 Å². The molecule has 0 aliphatic rings. The van der Waals surface area contributed by atoms with Crippen molar-refractivity contribution in [2.75, 3.05) is 19.6 Å². The van der Waals surface area contributed by atoms with Gasteiger partial charge in [0.25, 0.3) is 0 Å². The minimum Gasteiger partial charge on any atom is -0.481 e. The van der Waals surface area contributed by atoms with Gasteiger partial charge in [-0.2, -0.15) is 0 Å². The van der Waals surface area contributed by atoms with Gasteiger partial charge < -0.3 is 15.3 Å². The molecule has 1 aromatic heterocycles. The first-order chi connectivity index (χ1) is 9.05. The second kappa shape index (κ2) is 8.30. The Bertz CT molecular complexity index is 389. The second-order valence-electron chi connectivity index (χ2n) is 4.71. The summed E-state index contributed by atoms with van der Waals surface area (Å²) in [6.07, 6.45) is 0.125. The zero-order valence-electron chi connectivity index (χ0n) is 12.0. The van der Waals surface area contributed by atoms with E-state index >= 15 is 0 Å². The monoisotopic (exact) mass is 284 g/mol. The summed E-state index contributed by atoms with van der Waals surface area (Å²) in [4.78, 5) is 15.1. The minimum atomic E-state index is -0.767. The van der Waals surface area contributed by atoms with Gasteiger partial charge in [0.05, 0.1) is 6.42 Å². The number of likely N-dealkylation sites (N-methyl/N-ethyl adjacent to an activating group) is 1. The topological polar surface area (TPSA) is 52.6 Å². The van der Waals surface area contributed by atoms with Crippen LogP contribution >= 0.6 is 11.3 Å². The molecule has 19 heavy (non-hydrogen) atoms. The average molecular weight is 284 g/mol. The number of carboxylic acid groups (broad SMARTS) is 1. The van der Waals surface area contributed by atoms with Gasteiger partial charge in [0.15, 0.2) is 0 Å². The number of thiophene rings is 1. The summed E-state index contributed by atoms with van der Waals surface area (Å²) in [5.74, 6) is -0.767. The molecule has 0 amide bonds. The lowest BCUT2D eigenvalue weighted by molar-refractivity contribution is -0.136. The molecule has 0 aliphatic carbocycles. The van der Waals surface area contributed by atoms with Crippen molar-refractivity contribution in [3.05, 3.63) is 21.9 Å². The first-order valence-electron chi connectivity index (χ1n) is 6.80. The summed E-state index contributed by atoms with van der Waals surface area (Å²) < 4.78 is 0. The zero-order chi connectivity index (χ0) is 14.3. The summed E-state index contributed by atoms with van der Waals surface area (Å²) in [7, 11) is 0. The number of nitrogens with one attached hydrogen (secondary N) is 1. The molecule has 0 bridgehead atoms. The van der Waals surface area contributed by atoms with E-state index in [0.29, 0.717) is 6.04 Å². The highest BCUT2D eigenvalue weighted by atomic mass is 32.1. The van der Waals surface area contributed by atoms with E-state index in [-0.39, 0.29) is 6.42 Å². The summed E-state index contributed by atoms with van der Waals surface area (Å²) in [5, 5.41) is 12.2. The Labute approximate surface area is 119 Å². The molecule has 1 unspecified atom stereocenters. The summed E-state index contributed by atoms with van der Waals surface area (Å²) >= 11 is 1.58. The van der Waals surface area contributed by atoms with Crippen LogP contribution in [0.1, 0.15) is 30.5 Å². The lowest BCUT2D eigenvalue weighted by atomic mass is 10.3. The third-order valence-electron chi connectivity index (χ3n) is 3.09. The molecule has 1 rings (SSSR count). The minimum absolute atomic E-state index is 0.125. The lowest BCUT2D eigenvalue weighted by Crippen LogP contribution is -2.38. The van der Waals surface area contributed by atoms with Gasteiger partial charge in [0, 0.05) is 28.9 Å². The molecule has 108 valence electrons. The van der Waals surface area contributed by atoms with Gasteiger partial charge in [-0.15, -0.1) is 11.3 Å². The predicted molar refractivity (Wildman–Crippen MR) is 79.7 cm³/mol. The molecule has 1 atom stereocenters. The maximum atomic E-state index is 10.6. The molecule has 0 saturated heterocycles. The van der Waals surface area contributed by atoms with Crippen molar-refractivity contribution >= 4 is 17.3 Å². The molecule has 0 radical (unpaired) electrons. The van der Waals surface area contributed by atoms with E-state index in [1.807, 2.05) is 12.1 Å². The fraction of sp³-hybridized carbons (Fsp3) is 0.643. The van der Waals surface area contributed by atoms with Crippen molar-refractivity contribution in [3.63, 3.8) is 0 Å². The van der Waals surface area contributed by atoms with Crippen molar-refractivity contribution in [1.29, 1.82) is 0 Å². The summed E-state index contributed by atoms with van der Waals surface area (Å²) in [6.45, 7) is 10.5. The van der Waals surface area contributed by atoms with E-state index in [9.17, 15) is 4.79 Å². The highest BCUT2D eigenvalue weighted by Gasteiger charge is 2.08. The Hall–Kier alpha value is -0.910. The molecule has 0 aromatic carbocycles. The van der Waals surface area contributed by atoms with Crippen LogP contribution in [0.2, 0.25) is 0 Å². The van der Waals surface area contributed by atoms with Gasteiger partial charge in [-0.1, -0.05) is 13.8 Å². The van der Waals surface area contributed by atoms with E-state index in [2.05, 4.69) is 31.0 Å². The molecule has 4 nitrogen and oxygen atoms in total. The third-order valence-corrected chi connectivity index (χ3v) is 4.18. The molecule has 1 heterocycles. The van der Waals surface area contributed by atoms with Crippen LogP contribution in [0.4, 0.5) is 0 Å². The van der Waals surface area contributed by atoms with Crippen molar-refractivity contribution in [3.8, 4) is 0 Å². The van der Waals surface area contributed by atoms with Crippen LogP contribution in [0.25, 0.3) is 0 Å². The molecular formula is C14H24N2O2S. The standard InChI is InChI=1S/C14H24N2O2S/c1-4-16(5-2)10-11(3)15-9-13-7-6-12(19-13)8-14(17)18/h6-7,11,15H,4-5,8-10H2,1-3H3,(H,17,18). The van der Waals surface area contributed by atoms with Gasteiger partial charge in [-0.25, -0.2) is 0 Å². The summed E-state index contributed by atoms with van der Waals surface area (Å²) in [6, 6.07) is 4.36. The highest BCUT2D eigenvalue weighted by Crippen LogP contribution is 2.17. The van der Waals surface area contributed by atoms with Crippen LogP contribution in [0.15, 0.2) is 12.1 Å². The average Bonchev–Trinajstić information content (AvgIpc) is 2.80. The van der Waals surface area contributed by atoms with Crippen LogP contribution in [0.3, 0.4) is 0 Å². The molecule has 1 aromatic rings. The van der Waals surface area contributed by atoms with E-state index in [1.54, 1.807) is 11.3 Å². The molecule has 0 spiro atoms. The number of carbonyl (C=O) groups is 1. The molecule has 0 fully saturated rings. The van der Waals surface area contributed by atoms with Gasteiger partial charge >= 0.3 is 5.97 Å². The van der Waals surface area contributed by atoms with Gasteiger partial charge in [-0.05, 0) is 32.1 Å². The number of carboxylic acids is 1. The lowest BCUT2D eigenvalue weighted by Gasteiger charge is -2.23. The molecule has 2 N–H and O–H groups in total. The Morgan fingerprint density at radius 1 is 1.37 bits per heavy atom. The zero-order valence-corrected chi connectivity index (χ0v) is 12.8. The SMILES string of the molecule is CCN(CC)CC(C)NCc1ccc(CC(=O)O)s1. The van der Waals surface area contributed by atoms with E-state index in [0.717, 1.165) is 31.1 Å². The third kappa shape index (κ3) is 6.18. The normalized spacial score (nSPS) is 12.8. The molecule has 0 aliphatic heterocycles. The van der Waals surface area contributed by atoms with Gasteiger partial charge in [0.1, 0.15) is 0 Å².